The number of aryl methyl sites for hydroxylation is 1. The van der Waals surface area contributed by atoms with E-state index in [9.17, 15) is 22.4 Å². The highest BCUT2D eigenvalue weighted by Crippen LogP contribution is 2.31. The third-order valence-electron chi connectivity index (χ3n) is 5.90. The zero-order valence-electron chi connectivity index (χ0n) is 18.6. The summed E-state index contributed by atoms with van der Waals surface area (Å²) in [5.74, 6) is -0.934. The van der Waals surface area contributed by atoms with Crippen molar-refractivity contribution < 1.29 is 27.1 Å². The molecule has 4 rings (SSSR count). The summed E-state index contributed by atoms with van der Waals surface area (Å²) in [5.41, 5.74) is -0.212. The Labute approximate surface area is 193 Å². The molecule has 0 aliphatic carbocycles. The molecule has 0 saturated carbocycles. The van der Waals surface area contributed by atoms with Crippen LogP contribution in [0.2, 0.25) is 0 Å². The van der Waals surface area contributed by atoms with Gasteiger partial charge >= 0.3 is 6.18 Å². The number of piperidine rings is 1. The number of ether oxygens (including phenoxy) is 1. The van der Waals surface area contributed by atoms with Crippen LogP contribution in [0.1, 0.15) is 41.3 Å². The number of carbonyl (C=O) groups is 1. The summed E-state index contributed by atoms with van der Waals surface area (Å²) in [5, 5.41) is 7.96. The zero-order chi connectivity index (χ0) is 24.5. The van der Waals surface area contributed by atoms with Crippen LogP contribution in [0, 0.1) is 18.7 Å². The summed E-state index contributed by atoms with van der Waals surface area (Å²) >= 11 is 0. The van der Waals surface area contributed by atoms with Crippen LogP contribution in [0.4, 0.5) is 17.6 Å². The second-order valence-corrected chi connectivity index (χ2v) is 8.34. The van der Waals surface area contributed by atoms with Gasteiger partial charge in [-0.05, 0) is 49.4 Å². The lowest BCUT2D eigenvalue weighted by molar-refractivity contribution is -0.137. The van der Waals surface area contributed by atoms with Gasteiger partial charge in [0.25, 0.3) is 5.91 Å². The van der Waals surface area contributed by atoms with Gasteiger partial charge in [-0.25, -0.2) is 9.37 Å². The molecule has 2 aromatic heterocycles. The molecule has 0 bridgehead atoms. The number of likely N-dealkylation sites (tertiary alicyclic amines) is 1. The van der Waals surface area contributed by atoms with Gasteiger partial charge in [0.05, 0.1) is 29.6 Å². The molecule has 34 heavy (non-hydrogen) atoms. The minimum absolute atomic E-state index is 0.0289. The molecular formula is C23H23F4N5O2. The van der Waals surface area contributed by atoms with Gasteiger partial charge in [0, 0.05) is 18.8 Å². The van der Waals surface area contributed by atoms with E-state index < -0.39 is 23.5 Å². The fourth-order valence-electron chi connectivity index (χ4n) is 4.15. The molecule has 0 N–H and O–H groups in total. The Morgan fingerprint density at radius 2 is 1.94 bits per heavy atom. The van der Waals surface area contributed by atoms with E-state index in [0.29, 0.717) is 18.3 Å². The van der Waals surface area contributed by atoms with E-state index in [1.807, 2.05) is 6.92 Å². The second-order valence-electron chi connectivity index (χ2n) is 8.34. The van der Waals surface area contributed by atoms with Crippen molar-refractivity contribution in [1.82, 2.24) is 24.9 Å². The van der Waals surface area contributed by atoms with Gasteiger partial charge in [-0.15, -0.1) is 4.80 Å². The molecule has 1 saturated heterocycles. The van der Waals surface area contributed by atoms with Crippen LogP contribution in [0.3, 0.4) is 0 Å². The monoisotopic (exact) mass is 477 g/mol. The molecule has 1 aliphatic rings. The molecule has 3 aromatic rings. The number of alkyl halides is 3. The number of rotatable bonds is 5. The number of amides is 1. The van der Waals surface area contributed by atoms with Crippen LogP contribution in [-0.2, 0) is 6.18 Å². The van der Waals surface area contributed by atoms with Crippen molar-refractivity contribution in [3.63, 3.8) is 0 Å². The molecule has 1 amide bonds. The highest BCUT2D eigenvalue weighted by Gasteiger charge is 2.35. The molecule has 11 heteroatoms. The molecule has 2 unspecified atom stereocenters. The maximum absolute atomic E-state index is 14.9. The smallest absolute Gasteiger partial charge is 0.417 e. The molecule has 2 atom stereocenters. The summed E-state index contributed by atoms with van der Waals surface area (Å²) in [6.45, 7) is 4.13. The van der Waals surface area contributed by atoms with Gasteiger partial charge in [0.2, 0.25) is 5.88 Å². The fraction of sp³-hybridized carbons (Fsp3) is 0.391. The van der Waals surface area contributed by atoms with E-state index in [-0.39, 0.29) is 35.7 Å². The Morgan fingerprint density at radius 3 is 2.59 bits per heavy atom. The van der Waals surface area contributed by atoms with Crippen LogP contribution in [0.15, 0.2) is 42.9 Å². The topological polar surface area (TPSA) is 73.1 Å². The van der Waals surface area contributed by atoms with Crippen molar-refractivity contribution in [2.45, 2.75) is 38.9 Å². The Hall–Kier alpha value is -3.50. The first kappa shape index (κ1) is 23.7. The van der Waals surface area contributed by atoms with Gasteiger partial charge in [-0.2, -0.15) is 23.4 Å². The second kappa shape index (κ2) is 9.40. The van der Waals surface area contributed by atoms with Crippen molar-refractivity contribution in [3.05, 3.63) is 65.4 Å². The van der Waals surface area contributed by atoms with E-state index in [2.05, 4.69) is 15.2 Å². The predicted molar refractivity (Wildman–Crippen MR) is 114 cm³/mol. The zero-order valence-corrected chi connectivity index (χ0v) is 18.6. The highest BCUT2D eigenvalue weighted by molar-refractivity contribution is 5.98. The van der Waals surface area contributed by atoms with Crippen LogP contribution in [0.25, 0.3) is 5.69 Å². The molecule has 0 radical (unpaired) electrons. The molecule has 1 aliphatic heterocycles. The standard InChI is InChI=1S/C23H23F4N5O2/c1-14-10-17(21(18(24)11-14)32-29-7-8-30-32)22(33)31-9-3-4-15(2)19(31)13-34-20-6-5-16(12-28-20)23(25,26)27/h5-8,10-12,15,19H,3-4,9,13H2,1-2H3. The first-order valence-corrected chi connectivity index (χ1v) is 10.8. The summed E-state index contributed by atoms with van der Waals surface area (Å²) in [6.07, 6.45) is 0.604. The number of nitrogens with zero attached hydrogens (tertiary/aromatic N) is 5. The molecule has 1 fully saturated rings. The molecule has 0 spiro atoms. The molecule has 7 nitrogen and oxygen atoms in total. The van der Waals surface area contributed by atoms with Gasteiger partial charge in [-0.3, -0.25) is 4.79 Å². The average Bonchev–Trinajstić information content (AvgIpc) is 3.31. The van der Waals surface area contributed by atoms with Crippen molar-refractivity contribution in [1.29, 1.82) is 0 Å². The quantitative estimate of drug-likeness (QED) is 0.508. The van der Waals surface area contributed by atoms with Crippen LogP contribution in [-0.4, -0.2) is 50.0 Å². The molecular weight excluding hydrogens is 454 g/mol. The number of halogens is 4. The van der Waals surface area contributed by atoms with Crippen molar-refractivity contribution in [2.24, 2.45) is 5.92 Å². The summed E-state index contributed by atoms with van der Waals surface area (Å²) in [6, 6.07) is 4.57. The van der Waals surface area contributed by atoms with Gasteiger partial charge in [-0.1, -0.05) is 6.92 Å². The minimum Gasteiger partial charge on any atom is -0.475 e. The van der Waals surface area contributed by atoms with Gasteiger partial charge in [0.15, 0.2) is 5.82 Å². The summed E-state index contributed by atoms with van der Waals surface area (Å²) in [7, 11) is 0. The van der Waals surface area contributed by atoms with Crippen LogP contribution in [0.5, 0.6) is 5.88 Å². The van der Waals surface area contributed by atoms with E-state index in [1.165, 1.54) is 18.5 Å². The third kappa shape index (κ3) is 4.87. The lowest BCUT2D eigenvalue weighted by Crippen LogP contribution is -2.51. The number of hydrogen-bond donors (Lipinski definition) is 0. The largest absolute Gasteiger partial charge is 0.475 e. The van der Waals surface area contributed by atoms with Crippen molar-refractivity contribution >= 4 is 5.91 Å². The summed E-state index contributed by atoms with van der Waals surface area (Å²) < 4.78 is 58.9. The summed E-state index contributed by atoms with van der Waals surface area (Å²) in [4.78, 5) is 20.1. The number of benzene rings is 1. The Kier molecular flexibility index (Phi) is 6.54. The third-order valence-corrected chi connectivity index (χ3v) is 5.90. The average molecular weight is 477 g/mol. The van der Waals surface area contributed by atoms with E-state index in [4.69, 9.17) is 4.74 Å². The Bertz CT molecular complexity index is 1150. The fourth-order valence-corrected chi connectivity index (χ4v) is 4.15. The highest BCUT2D eigenvalue weighted by atomic mass is 19.4. The van der Waals surface area contributed by atoms with E-state index in [1.54, 1.807) is 17.9 Å². The Morgan fingerprint density at radius 1 is 1.21 bits per heavy atom. The Balaban J connectivity index is 1.59. The maximum atomic E-state index is 14.9. The minimum atomic E-state index is -4.49. The number of carbonyl (C=O) groups excluding carboxylic acids is 1. The van der Waals surface area contributed by atoms with Crippen LogP contribution >= 0.6 is 0 Å². The first-order chi connectivity index (χ1) is 16.1. The molecule has 1 aromatic carbocycles. The molecule has 3 heterocycles. The van der Waals surface area contributed by atoms with Crippen molar-refractivity contribution in [2.75, 3.05) is 13.2 Å². The lowest BCUT2D eigenvalue weighted by atomic mass is 9.90. The normalized spacial score (nSPS) is 18.7. The van der Waals surface area contributed by atoms with Gasteiger partial charge in [0.1, 0.15) is 12.3 Å². The predicted octanol–water partition coefficient (Wildman–Crippen LogP) is 4.45. The first-order valence-electron chi connectivity index (χ1n) is 10.8. The number of hydrogen-bond acceptors (Lipinski definition) is 5. The van der Waals surface area contributed by atoms with Crippen LogP contribution < -0.4 is 4.74 Å². The van der Waals surface area contributed by atoms with Gasteiger partial charge < -0.3 is 9.64 Å². The lowest BCUT2D eigenvalue weighted by Gasteiger charge is -2.40. The number of aromatic nitrogens is 4. The maximum Gasteiger partial charge on any atom is 0.417 e. The molecule has 180 valence electrons. The van der Waals surface area contributed by atoms with E-state index in [0.717, 1.165) is 29.8 Å². The van der Waals surface area contributed by atoms with E-state index >= 15 is 0 Å². The number of pyridine rings is 1. The SMILES string of the molecule is Cc1cc(F)c(-n2nccn2)c(C(=O)N2CCCC(C)C2COc2ccc(C(F)(F)F)cn2)c1. The van der Waals surface area contributed by atoms with Crippen molar-refractivity contribution in [3.8, 4) is 11.6 Å².